The topological polar surface area (TPSA) is 49.5 Å². The molecule has 3 heteroatoms. The maximum Gasteiger partial charge on any atom is 0.0625 e. The summed E-state index contributed by atoms with van der Waals surface area (Å²) in [5, 5.41) is 9.11. The Morgan fingerprint density at radius 3 is 2.60 bits per heavy atom. The summed E-state index contributed by atoms with van der Waals surface area (Å²) in [5.74, 6) is 0. The van der Waals surface area contributed by atoms with Crippen LogP contribution in [0.15, 0.2) is 24.3 Å². The van der Waals surface area contributed by atoms with Crippen LogP contribution in [0.2, 0.25) is 0 Å². The van der Waals surface area contributed by atoms with Gasteiger partial charge in [-0.2, -0.15) is 0 Å². The number of nitrogens with zero attached hydrogens (tertiary/aromatic N) is 1. The Morgan fingerprint density at radius 1 is 1.27 bits per heavy atom. The van der Waals surface area contributed by atoms with Crippen molar-refractivity contribution in [2.45, 2.75) is 18.9 Å². The van der Waals surface area contributed by atoms with Crippen molar-refractivity contribution in [3.63, 3.8) is 0 Å². The highest BCUT2D eigenvalue weighted by Crippen LogP contribution is 2.27. The predicted molar refractivity (Wildman–Crippen MR) is 61.9 cm³/mol. The number of aliphatic hydroxyl groups excluding tert-OH is 1. The highest BCUT2D eigenvalue weighted by Gasteiger charge is 2.17. The van der Waals surface area contributed by atoms with E-state index in [1.54, 1.807) is 0 Å². The molecular formula is C12H18N2O. The first-order valence-electron chi connectivity index (χ1n) is 5.53. The fourth-order valence-electron chi connectivity index (χ4n) is 2.15. The molecule has 1 saturated heterocycles. The molecule has 1 aromatic carbocycles. The van der Waals surface area contributed by atoms with Crippen LogP contribution in [0.5, 0.6) is 0 Å². The molecule has 1 heterocycles. The van der Waals surface area contributed by atoms with Crippen LogP contribution in [0, 0.1) is 0 Å². The van der Waals surface area contributed by atoms with Gasteiger partial charge in [0.25, 0.3) is 0 Å². The Labute approximate surface area is 90.5 Å². The lowest BCUT2D eigenvalue weighted by Crippen LogP contribution is -2.23. The minimum absolute atomic E-state index is 0.00481. The van der Waals surface area contributed by atoms with Crippen molar-refractivity contribution in [3.05, 3.63) is 29.8 Å². The van der Waals surface area contributed by atoms with Crippen LogP contribution >= 0.6 is 0 Å². The maximum absolute atomic E-state index is 9.11. The first-order valence-corrected chi connectivity index (χ1v) is 5.53. The molecule has 1 fully saturated rings. The third kappa shape index (κ3) is 2.13. The summed E-state index contributed by atoms with van der Waals surface area (Å²) < 4.78 is 0. The molecule has 3 nitrogen and oxygen atoms in total. The molecular weight excluding hydrogens is 188 g/mol. The van der Waals surface area contributed by atoms with Gasteiger partial charge < -0.3 is 15.7 Å². The lowest BCUT2D eigenvalue weighted by atomic mass is 10.1. The monoisotopic (exact) mass is 206 g/mol. The number of aliphatic hydroxyl groups is 1. The van der Waals surface area contributed by atoms with Crippen molar-refractivity contribution in [1.82, 2.24) is 0 Å². The van der Waals surface area contributed by atoms with Gasteiger partial charge in [-0.05, 0) is 24.5 Å². The minimum atomic E-state index is -0.262. The molecule has 1 atom stereocenters. The molecule has 0 amide bonds. The third-order valence-electron chi connectivity index (χ3n) is 2.98. The molecule has 1 aromatic rings. The average molecular weight is 206 g/mol. The maximum atomic E-state index is 9.11. The zero-order valence-electron chi connectivity index (χ0n) is 8.89. The van der Waals surface area contributed by atoms with E-state index in [0.717, 1.165) is 18.7 Å². The van der Waals surface area contributed by atoms with Crippen LogP contribution < -0.4 is 10.6 Å². The van der Waals surface area contributed by atoms with E-state index in [-0.39, 0.29) is 12.6 Å². The molecule has 0 aliphatic carbocycles. The Bertz CT molecular complexity index is 321. The smallest absolute Gasteiger partial charge is 0.0625 e. The summed E-state index contributed by atoms with van der Waals surface area (Å²) in [6.07, 6.45) is 2.51. The molecule has 1 aliphatic rings. The molecule has 0 saturated carbocycles. The van der Waals surface area contributed by atoms with E-state index >= 15 is 0 Å². The normalized spacial score (nSPS) is 18.1. The van der Waals surface area contributed by atoms with Crippen LogP contribution in [0.25, 0.3) is 0 Å². The van der Waals surface area contributed by atoms with Gasteiger partial charge in [-0.25, -0.2) is 0 Å². The molecule has 82 valence electrons. The van der Waals surface area contributed by atoms with E-state index < -0.39 is 0 Å². The number of benzene rings is 1. The van der Waals surface area contributed by atoms with Gasteiger partial charge in [-0.1, -0.05) is 18.2 Å². The summed E-state index contributed by atoms with van der Waals surface area (Å²) in [7, 11) is 0. The standard InChI is InChI=1S/C12H18N2O/c13-11(9-15)10-5-1-2-6-12(10)14-7-3-4-8-14/h1-2,5-6,11,15H,3-4,7-9,13H2/t11-/m0/s1. The Hall–Kier alpha value is -1.06. The molecule has 15 heavy (non-hydrogen) atoms. The number of anilines is 1. The largest absolute Gasteiger partial charge is 0.394 e. The summed E-state index contributed by atoms with van der Waals surface area (Å²) >= 11 is 0. The number of para-hydroxylation sites is 1. The van der Waals surface area contributed by atoms with Gasteiger partial charge >= 0.3 is 0 Å². The number of rotatable bonds is 3. The van der Waals surface area contributed by atoms with E-state index in [9.17, 15) is 0 Å². The average Bonchev–Trinajstić information content (AvgIpc) is 2.81. The number of hydrogen-bond acceptors (Lipinski definition) is 3. The second-order valence-electron chi connectivity index (χ2n) is 4.04. The molecule has 0 spiro atoms. The first kappa shape index (κ1) is 10.5. The summed E-state index contributed by atoms with van der Waals surface area (Å²) in [5.41, 5.74) is 8.13. The lowest BCUT2D eigenvalue weighted by molar-refractivity contribution is 0.268. The number of hydrogen-bond donors (Lipinski definition) is 2. The quantitative estimate of drug-likeness (QED) is 0.783. The second-order valence-corrected chi connectivity index (χ2v) is 4.04. The van der Waals surface area contributed by atoms with Gasteiger partial charge in [-0.3, -0.25) is 0 Å². The minimum Gasteiger partial charge on any atom is -0.394 e. The highest BCUT2D eigenvalue weighted by atomic mass is 16.3. The molecule has 0 unspecified atom stereocenters. The van der Waals surface area contributed by atoms with Crippen LogP contribution in [0.4, 0.5) is 5.69 Å². The zero-order chi connectivity index (χ0) is 10.7. The SMILES string of the molecule is N[C@@H](CO)c1ccccc1N1CCCC1. The third-order valence-corrected chi connectivity index (χ3v) is 2.98. The zero-order valence-corrected chi connectivity index (χ0v) is 8.89. The van der Waals surface area contributed by atoms with Gasteiger partial charge in [0, 0.05) is 18.8 Å². The van der Waals surface area contributed by atoms with Crippen LogP contribution in [-0.2, 0) is 0 Å². The van der Waals surface area contributed by atoms with Crippen LogP contribution in [0.3, 0.4) is 0 Å². The van der Waals surface area contributed by atoms with E-state index in [0.29, 0.717) is 0 Å². The lowest BCUT2D eigenvalue weighted by Gasteiger charge is -2.23. The van der Waals surface area contributed by atoms with Crippen molar-refractivity contribution in [2.24, 2.45) is 5.73 Å². The van der Waals surface area contributed by atoms with Gasteiger partial charge in [0.05, 0.1) is 12.6 Å². The van der Waals surface area contributed by atoms with E-state index in [2.05, 4.69) is 11.0 Å². The van der Waals surface area contributed by atoms with Crippen LogP contribution in [0.1, 0.15) is 24.4 Å². The Morgan fingerprint density at radius 2 is 1.93 bits per heavy atom. The van der Waals surface area contributed by atoms with Crippen molar-refractivity contribution in [3.8, 4) is 0 Å². The summed E-state index contributed by atoms with van der Waals surface area (Å²) in [6, 6.07) is 7.85. The van der Waals surface area contributed by atoms with Gasteiger partial charge in [0.1, 0.15) is 0 Å². The molecule has 0 bridgehead atoms. The molecule has 1 aliphatic heterocycles. The summed E-state index contributed by atoms with van der Waals surface area (Å²) in [6.45, 7) is 2.22. The molecule has 0 aromatic heterocycles. The van der Waals surface area contributed by atoms with E-state index in [4.69, 9.17) is 10.8 Å². The molecule has 0 radical (unpaired) electrons. The predicted octanol–water partition coefficient (Wildman–Crippen LogP) is 1.28. The van der Waals surface area contributed by atoms with Crippen molar-refractivity contribution in [1.29, 1.82) is 0 Å². The van der Waals surface area contributed by atoms with Gasteiger partial charge in [0.15, 0.2) is 0 Å². The van der Waals surface area contributed by atoms with Crippen LogP contribution in [-0.4, -0.2) is 24.8 Å². The van der Waals surface area contributed by atoms with E-state index in [1.165, 1.54) is 18.5 Å². The van der Waals surface area contributed by atoms with Crippen molar-refractivity contribution >= 4 is 5.69 Å². The fourth-order valence-corrected chi connectivity index (χ4v) is 2.15. The molecule has 2 rings (SSSR count). The fraction of sp³-hybridized carbons (Fsp3) is 0.500. The second kappa shape index (κ2) is 4.64. The highest BCUT2D eigenvalue weighted by molar-refractivity contribution is 5.55. The molecule has 3 N–H and O–H groups in total. The Kier molecular flexibility index (Phi) is 3.23. The summed E-state index contributed by atoms with van der Waals surface area (Å²) in [4.78, 5) is 2.35. The number of nitrogens with two attached hydrogens (primary N) is 1. The van der Waals surface area contributed by atoms with Gasteiger partial charge in [-0.15, -0.1) is 0 Å². The van der Waals surface area contributed by atoms with Gasteiger partial charge in [0.2, 0.25) is 0 Å². The first-order chi connectivity index (χ1) is 7.33. The Balaban J connectivity index is 2.28. The van der Waals surface area contributed by atoms with Crippen molar-refractivity contribution in [2.75, 3.05) is 24.6 Å². The van der Waals surface area contributed by atoms with Crippen molar-refractivity contribution < 1.29 is 5.11 Å². The van der Waals surface area contributed by atoms with E-state index in [1.807, 2.05) is 18.2 Å².